The van der Waals surface area contributed by atoms with Gasteiger partial charge in [0.1, 0.15) is 0 Å². The van der Waals surface area contributed by atoms with E-state index in [1.165, 1.54) is 0 Å². The fourth-order valence-corrected chi connectivity index (χ4v) is 1.92. The van der Waals surface area contributed by atoms with Crippen LogP contribution in [0, 0.1) is 0 Å². The molecule has 0 fully saturated rings. The maximum atomic E-state index is 12.1. The lowest BCUT2D eigenvalue weighted by Crippen LogP contribution is -2.29. The average Bonchev–Trinajstić information content (AvgIpc) is 2.55. The zero-order valence-corrected chi connectivity index (χ0v) is 13.1. The Morgan fingerprint density at radius 2 is 1.74 bits per heavy atom. The number of benzene rings is 2. The van der Waals surface area contributed by atoms with Crippen LogP contribution in [0.2, 0.25) is 5.02 Å². The minimum absolute atomic E-state index is 0.201. The van der Waals surface area contributed by atoms with Crippen LogP contribution in [0.3, 0.4) is 0 Å². The number of halogens is 1. The van der Waals surface area contributed by atoms with E-state index in [0.29, 0.717) is 16.4 Å². The lowest BCUT2D eigenvalue weighted by atomic mass is 10.2. The first kappa shape index (κ1) is 16.5. The molecule has 0 bridgehead atoms. The zero-order chi connectivity index (χ0) is 16.7. The fourth-order valence-electron chi connectivity index (χ4n) is 1.74. The number of hydrogen-bond donors (Lipinski definition) is 3. The molecule has 2 aromatic rings. The molecule has 0 radical (unpaired) electrons. The smallest absolute Gasteiger partial charge is 0.279 e. The number of carbonyl (C=O) groups excluding carboxylic acids is 1. The molecule has 0 saturated carbocycles. The van der Waals surface area contributed by atoms with Gasteiger partial charge in [0, 0.05) is 5.69 Å². The van der Waals surface area contributed by atoms with Gasteiger partial charge in [-0.25, -0.2) is 0 Å². The summed E-state index contributed by atoms with van der Waals surface area (Å²) in [7, 11) is 0. The van der Waals surface area contributed by atoms with E-state index in [0.717, 1.165) is 0 Å². The maximum Gasteiger partial charge on any atom is 0.279 e. The summed E-state index contributed by atoms with van der Waals surface area (Å²) in [5, 5.41) is 19.2. The van der Waals surface area contributed by atoms with Crippen molar-refractivity contribution in [2.45, 2.75) is 6.92 Å². The molecule has 0 atom stereocenters. The minimum atomic E-state index is -0.569. The van der Waals surface area contributed by atoms with Gasteiger partial charge in [-0.1, -0.05) is 47.1 Å². The summed E-state index contributed by atoms with van der Waals surface area (Å²) in [6.45, 7) is 1.55. The Morgan fingerprint density at radius 1 is 1.09 bits per heavy atom. The first-order valence-corrected chi connectivity index (χ1v) is 7.13. The highest BCUT2D eigenvalue weighted by Gasteiger charge is 2.16. The van der Waals surface area contributed by atoms with Crippen molar-refractivity contribution in [2.75, 3.05) is 10.7 Å². The first-order valence-electron chi connectivity index (χ1n) is 6.75. The van der Waals surface area contributed by atoms with E-state index in [1.807, 2.05) is 6.07 Å². The number of carbonyl (C=O) groups is 1. The zero-order valence-electron chi connectivity index (χ0n) is 12.3. The summed E-state index contributed by atoms with van der Waals surface area (Å²) < 4.78 is 0. The Kier molecular flexibility index (Phi) is 5.71. The largest absolute Gasteiger partial charge is 0.410 e. The van der Waals surface area contributed by atoms with Crippen molar-refractivity contribution in [1.82, 2.24) is 0 Å². The van der Waals surface area contributed by atoms with E-state index in [1.54, 1.807) is 55.5 Å². The number of oxime groups is 1. The van der Waals surface area contributed by atoms with E-state index >= 15 is 0 Å². The van der Waals surface area contributed by atoms with Crippen LogP contribution in [0.5, 0.6) is 0 Å². The van der Waals surface area contributed by atoms with Crippen molar-refractivity contribution in [3.05, 3.63) is 59.6 Å². The van der Waals surface area contributed by atoms with Gasteiger partial charge in [0.2, 0.25) is 0 Å². The van der Waals surface area contributed by atoms with E-state index in [-0.39, 0.29) is 11.4 Å². The number of nitrogens with zero attached hydrogens (tertiary/aromatic N) is 2. The molecule has 7 heteroatoms. The maximum absolute atomic E-state index is 12.1. The van der Waals surface area contributed by atoms with Crippen molar-refractivity contribution in [2.24, 2.45) is 10.3 Å². The molecular weight excluding hydrogens is 316 g/mol. The van der Waals surface area contributed by atoms with Gasteiger partial charge in [-0.15, -0.1) is 0 Å². The van der Waals surface area contributed by atoms with Gasteiger partial charge in [0.05, 0.1) is 16.4 Å². The quantitative estimate of drug-likeness (QED) is 0.445. The molecular formula is C16H15ClN4O2. The normalized spacial score (nSPS) is 11.9. The second-order valence-corrected chi connectivity index (χ2v) is 4.96. The standard InChI is InChI=1S/C16H15ClN4O2/c1-11(19-20-14-10-6-5-9-13(14)17)15(21-23)16(22)18-12-7-3-2-4-8-12/h2-10,20,23H,1H3,(H,18,22)/b19-11+,21-15+. The minimum Gasteiger partial charge on any atom is -0.410 e. The summed E-state index contributed by atoms with van der Waals surface area (Å²) in [5.41, 5.74) is 3.91. The third-order valence-electron chi connectivity index (χ3n) is 2.91. The summed E-state index contributed by atoms with van der Waals surface area (Å²) in [6.07, 6.45) is 0. The summed E-state index contributed by atoms with van der Waals surface area (Å²) in [5.74, 6) is -0.569. The molecule has 6 nitrogen and oxygen atoms in total. The summed E-state index contributed by atoms with van der Waals surface area (Å²) in [6, 6.07) is 15.9. The summed E-state index contributed by atoms with van der Waals surface area (Å²) in [4.78, 5) is 12.1. The Balaban J connectivity index is 2.09. The predicted molar refractivity (Wildman–Crippen MR) is 92.5 cm³/mol. The molecule has 0 aliphatic rings. The number of para-hydroxylation sites is 2. The van der Waals surface area contributed by atoms with E-state index in [2.05, 4.69) is 21.0 Å². The lowest BCUT2D eigenvalue weighted by Gasteiger charge is -2.07. The number of amides is 1. The van der Waals surface area contributed by atoms with Crippen molar-refractivity contribution < 1.29 is 10.0 Å². The molecule has 0 spiro atoms. The van der Waals surface area contributed by atoms with Gasteiger partial charge in [0.25, 0.3) is 5.91 Å². The Morgan fingerprint density at radius 3 is 2.39 bits per heavy atom. The van der Waals surface area contributed by atoms with Crippen LogP contribution >= 0.6 is 11.6 Å². The fraction of sp³-hybridized carbons (Fsp3) is 0.0625. The van der Waals surface area contributed by atoms with Crippen molar-refractivity contribution >= 4 is 40.3 Å². The Hall–Kier alpha value is -2.86. The summed E-state index contributed by atoms with van der Waals surface area (Å²) >= 11 is 6.00. The molecule has 0 saturated heterocycles. The number of rotatable bonds is 5. The lowest BCUT2D eigenvalue weighted by molar-refractivity contribution is -0.110. The first-order chi connectivity index (χ1) is 11.1. The molecule has 0 aliphatic carbocycles. The van der Waals surface area contributed by atoms with E-state index in [9.17, 15) is 4.79 Å². The highest BCUT2D eigenvalue weighted by atomic mass is 35.5. The number of anilines is 2. The van der Waals surface area contributed by atoms with Crippen LogP contribution in [0.4, 0.5) is 11.4 Å². The SMILES string of the molecule is CC(=N\Nc1ccccc1Cl)/C(=N\O)C(=O)Nc1ccccc1. The Labute approximate surface area is 138 Å². The number of hydrogen-bond acceptors (Lipinski definition) is 5. The molecule has 0 unspecified atom stereocenters. The van der Waals surface area contributed by atoms with Crippen LogP contribution in [-0.4, -0.2) is 22.5 Å². The third-order valence-corrected chi connectivity index (χ3v) is 3.24. The molecule has 3 N–H and O–H groups in total. The Bertz CT molecular complexity index is 745. The molecule has 0 aliphatic heterocycles. The van der Waals surface area contributed by atoms with Crippen LogP contribution < -0.4 is 10.7 Å². The molecule has 2 rings (SSSR count). The second kappa shape index (κ2) is 7.95. The second-order valence-electron chi connectivity index (χ2n) is 4.56. The van der Waals surface area contributed by atoms with E-state index < -0.39 is 5.91 Å². The van der Waals surface area contributed by atoms with Gasteiger partial charge in [-0.05, 0) is 31.2 Å². The van der Waals surface area contributed by atoms with Gasteiger partial charge >= 0.3 is 0 Å². The van der Waals surface area contributed by atoms with Crippen molar-refractivity contribution in [1.29, 1.82) is 0 Å². The van der Waals surface area contributed by atoms with Crippen LogP contribution in [0.1, 0.15) is 6.92 Å². The van der Waals surface area contributed by atoms with Crippen molar-refractivity contribution in [3.63, 3.8) is 0 Å². The molecule has 1 amide bonds. The topological polar surface area (TPSA) is 86.1 Å². The van der Waals surface area contributed by atoms with Gasteiger partial charge in [0.15, 0.2) is 5.71 Å². The van der Waals surface area contributed by atoms with E-state index in [4.69, 9.17) is 16.8 Å². The van der Waals surface area contributed by atoms with Crippen molar-refractivity contribution in [3.8, 4) is 0 Å². The molecule has 23 heavy (non-hydrogen) atoms. The van der Waals surface area contributed by atoms with Gasteiger partial charge in [-0.2, -0.15) is 5.10 Å². The number of hydrazone groups is 1. The van der Waals surface area contributed by atoms with Crippen LogP contribution in [-0.2, 0) is 4.79 Å². The molecule has 0 aromatic heterocycles. The number of nitrogens with one attached hydrogen (secondary N) is 2. The molecule has 2 aromatic carbocycles. The monoisotopic (exact) mass is 330 g/mol. The van der Waals surface area contributed by atoms with Crippen LogP contribution in [0.15, 0.2) is 64.9 Å². The van der Waals surface area contributed by atoms with Gasteiger partial charge < -0.3 is 10.5 Å². The average molecular weight is 331 g/mol. The highest BCUT2D eigenvalue weighted by Crippen LogP contribution is 2.20. The van der Waals surface area contributed by atoms with Gasteiger partial charge in [-0.3, -0.25) is 10.2 Å². The molecule has 118 valence electrons. The predicted octanol–water partition coefficient (Wildman–Crippen LogP) is 3.60. The highest BCUT2D eigenvalue weighted by molar-refractivity contribution is 6.68. The third kappa shape index (κ3) is 4.55. The molecule has 0 heterocycles. The van der Waals surface area contributed by atoms with Crippen LogP contribution in [0.25, 0.3) is 0 Å².